The maximum absolute atomic E-state index is 5.43. The van der Waals surface area contributed by atoms with Gasteiger partial charge in [-0.1, -0.05) is 6.07 Å². The average Bonchev–Trinajstić information content (AvgIpc) is 2.92. The summed E-state index contributed by atoms with van der Waals surface area (Å²) in [5.74, 6) is 0.794. The molecule has 3 heterocycles. The van der Waals surface area contributed by atoms with Gasteiger partial charge in [-0.3, -0.25) is 4.98 Å². The van der Waals surface area contributed by atoms with E-state index < -0.39 is 0 Å². The molecule has 6 heteroatoms. The highest BCUT2D eigenvalue weighted by Crippen LogP contribution is 2.12. The monoisotopic (exact) mass is 273 g/mol. The molecular formula is C14H19N5O. The number of hydrogen-bond acceptors (Lipinski definition) is 5. The second-order valence-corrected chi connectivity index (χ2v) is 5.08. The summed E-state index contributed by atoms with van der Waals surface area (Å²) in [6.07, 6.45) is 1.77. The fraction of sp³-hybridized carbons (Fsp3) is 0.500. The van der Waals surface area contributed by atoms with Gasteiger partial charge in [0.15, 0.2) is 5.82 Å². The molecular weight excluding hydrogens is 254 g/mol. The molecule has 2 aromatic heterocycles. The summed E-state index contributed by atoms with van der Waals surface area (Å²) in [7, 11) is 0. The zero-order valence-electron chi connectivity index (χ0n) is 11.8. The molecule has 1 aliphatic heterocycles. The number of aromatic nitrogens is 4. The quantitative estimate of drug-likeness (QED) is 0.904. The third kappa shape index (κ3) is 2.86. The summed E-state index contributed by atoms with van der Waals surface area (Å²) < 4.78 is 7.29. The molecule has 0 amide bonds. The molecule has 0 aliphatic carbocycles. The van der Waals surface area contributed by atoms with Crippen LogP contribution in [0, 0.1) is 13.8 Å². The zero-order chi connectivity index (χ0) is 13.9. The summed E-state index contributed by atoms with van der Waals surface area (Å²) in [6.45, 7) is 6.95. The van der Waals surface area contributed by atoms with Crippen molar-refractivity contribution in [1.82, 2.24) is 25.1 Å². The van der Waals surface area contributed by atoms with Crippen molar-refractivity contribution < 1.29 is 4.74 Å². The van der Waals surface area contributed by atoms with E-state index in [0.717, 1.165) is 30.4 Å². The van der Waals surface area contributed by atoms with E-state index in [2.05, 4.69) is 26.4 Å². The number of ether oxygens (including phenoxy) is 1. The van der Waals surface area contributed by atoms with Gasteiger partial charge in [0.1, 0.15) is 6.33 Å². The van der Waals surface area contributed by atoms with Crippen LogP contribution in [-0.4, -0.2) is 39.5 Å². The Hall–Kier alpha value is -1.79. The Balaban J connectivity index is 1.73. The Kier molecular flexibility index (Phi) is 3.75. The fourth-order valence-corrected chi connectivity index (χ4v) is 2.33. The van der Waals surface area contributed by atoms with Crippen LogP contribution in [0.15, 0.2) is 18.5 Å². The lowest BCUT2D eigenvalue weighted by atomic mass is 10.2. The van der Waals surface area contributed by atoms with Crippen LogP contribution in [-0.2, 0) is 11.3 Å². The smallest absolute Gasteiger partial charge is 0.169 e. The minimum absolute atomic E-state index is 0.0993. The molecule has 20 heavy (non-hydrogen) atoms. The third-order valence-electron chi connectivity index (χ3n) is 3.45. The van der Waals surface area contributed by atoms with Gasteiger partial charge in [0.25, 0.3) is 0 Å². The molecule has 0 radical (unpaired) electrons. The van der Waals surface area contributed by atoms with Crippen molar-refractivity contribution >= 4 is 0 Å². The van der Waals surface area contributed by atoms with E-state index in [1.54, 1.807) is 6.33 Å². The first-order chi connectivity index (χ1) is 9.72. The standard InChI is InChI=1S/C14H19N5O/c1-10-3-4-12(11(2)17-10)7-19-9-16-14(18-19)13-8-20-6-5-15-13/h3-4,9,13,15H,5-8H2,1-2H3. The number of nitrogens with one attached hydrogen (secondary N) is 1. The summed E-state index contributed by atoms with van der Waals surface area (Å²) in [6, 6.07) is 4.22. The highest BCUT2D eigenvalue weighted by Gasteiger charge is 2.19. The van der Waals surface area contributed by atoms with E-state index in [-0.39, 0.29) is 6.04 Å². The minimum Gasteiger partial charge on any atom is -0.378 e. The zero-order valence-corrected chi connectivity index (χ0v) is 11.8. The van der Waals surface area contributed by atoms with Crippen LogP contribution in [0.4, 0.5) is 0 Å². The predicted molar refractivity (Wildman–Crippen MR) is 74.4 cm³/mol. The maximum atomic E-state index is 5.43. The van der Waals surface area contributed by atoms with E-state index >= 15 is 0 Å². The lowest BCUT2D eigenvalue weighted by Crippen LogP contribution is -2.35. The summed E-state index contributed by atoms with van der Waals surface area (Å²) in [4.78, 5) is 8.84. The Morgan fingerprint density at radius 2 is 2.30 bits per heavy atom. The van der Waals surface area contributed by atoms with Crippen LogP contribution >= 0.6 is 0 Å². The molecule has 0 aromatic carbocycles. The van der Waals surface area contributed by atoms with E-state index in [1.165, 1.54) is 5.56 Å². The topological polar surface area (TPSA) is 64.9 Å². The number of nitrogens with zero attached hydrogens (tertiary/aromatic N) is 4. The number of morpholine rings is 1. The van der Waals surface area contributed by atoms with Gasteiger partial charge >= 0.3 is 0 Å². The van der Waals surface area contributed by atoms with Crippen molar-refractivity contribution in [3.8, 4) is 0 Å². The molecule has 1 atom stereocenters. The molecule has 6 nitrogen and oxygen atoms in total. The van der Waals surface area contributed by atoms with E-state index in [1.807, 2.05) is 24.6 Å². The van der Waals surface area contributed by atoms with Crippen molar-refractivity contribution in [2.24, 2.45) is 0 Å². The van der Waals surface area contributed by atoms with Crippen LogP contribution < -0.4 is 5.32 Å². The van der Waals surface area contributed by atoms with Gasteiger partial charge in [0.05, 0.1) is 25.8 Å². The second-order valence-electron chi connectivity index (χ2n) is 5.08. The van der Waals surface area contributed by atoms with Gasteiger partial charge in [0, 0.05) is 17.9 Å². The molecule has 1 N–H and O–H groups in total. The fourth-order valence-electron chi connectivity index (χ4n) is 2.33. The van der Waals surface area contributed by atoms with Crippen molar-refractivity contribution in [3.63, 3.8) is 0 Å². The molecule has 106 valence electrons. The molecule has 0 spiro atoms. The maximum Gasteiger partial charge on any atom is 0.169 e. The van der Waals surface area contributed by atoms with Crippen LogP contribution in [0.1, 0.15) is 28.8 Å². The van der Waals surface area contributed by atoms with E-state index in [0.29, 0.717) is 13.2 Å². The number of hydrogen-bond donors (Lipinski definition) is 1. The van der Waals surface area contributed by atoms with Gasteiger partial charge in [-0.25, -0.2) is 9.67 Å². The first kappa shape index (κ1) is 13.2. The number of aryl methyl sites for hydroxylation is 2. The largest absolute Gasteiger partial charge is 0.378 e. The first-order valence-corrected chi connectivity index (χ1v) is 6.86. The lowest BCUT2D eigenvalue weighted by molar-refractivity contribution is 0.0742. The Morgan fingerprint density at radius 3 is 3.05 bits per heavy atom. The normalized spacial score (nSPS) is 19.2. The highest BCUT2D eigenvalue weighted by atomic mass is 16.5. The molecule has 0 saturated carbocycles. The van der Waals surface area contributed by atoms with E-state index in [4.69, 9.17) is 4.74 Å². The molecule has 1 aliphatic rings. The molecule has 1 unspecified atom stereocenters. The summed E-state index contributed by atoms with van der Waals surface area (Å²) in [5, 5.41) is 7.88. The van der Waals surface area contributed by atoms with Gasteiger partial charge < -0.3 is 10.1 Å². The predicted octanol–water partition coefficient (Wildman–Crippen LogP) is 0.999. The van der Waals surface area contributed by atoms with Crippen LogP contribution in [0.25, 0.3) is 0 Å². The van der Waals surface area contributed by atoms with Crippen molar-refractivity contribution in [2.45, 2.75) is 26.4 Å². The number of pyridine rings is 1. The second kappa shape index (κ2) is 5.68. The first-order valence-electron chi connectivity index (χ1n) is 6.86. The van der Waals surface area contributed by atoms with Crippen molar-refractivity contribution in [3.05, 3.63) is 41.2 Å². The van der Waals surface area contributed by atoms with E-state index in [9.17, 15) is 0 Å². The summed E-state index contributed by atoms with van der Waals surface area (Å²) in [5.41, 5.74) is 3.25. The van der Waals surface area contributed by atoms with Crippen LogP contribution in [0.5, 0.6) is 0 Å². The highest BCUT2D eigenvalue weighted by molar-refractivity contribution is 5.21. The summed E-state index contributed by atoms with van der Waals surface area (Å²) >= 11 is 0. The Bertz CT molecular complexity index is 589. The molecule has 1 fully saturated rings. The lowest BCUT2D eigenvalue weighted by Gasteiger charge is -2.20. The molecule has 3 rings (SSSR count). The molecule has 1 saturated heterocycles. The van der Waals surface area contributed by atoms with Gasteiger partial charge in [0.2, 0.25) is 0 Å². The Labute approximate surface area is 118 Å². The van der Waals surface area contributed by atoms with Crippen LogP contribution in [0.2, 0.25) is 0 Å². The van der Waals surface area contributed by atoms with Crippen molar-refractivity contribution in [2.75, 3.05) is 19.8 Å². The average molecular weight is 273 g/mol. The SMILES string of the molecule is Cc1ccc(Cn2cnc(C3COCCN3)n2)c(C)n1. The Morgan fingerprint density at radius 1 is 1.40 bits per heavy atom. The number of rotatable bonds is 3. The van der Waals surface area contributed by atoms with Crippen LogP contribution in [0.3, 0.4) is 0 Å². The van der Waals surface area contributed by atoms with Gasteiger partial charge in [-0.15, -0.1) is 0 Å². The minimum atomic E-state index is 0.0993. The van der Waals surface area contributed by atoms with Crippen molar-refractivity contribution in [1.29, 1.82) is 0 Å². The van der Waals surface area contributed by atoms with Gasteiger partial charge in [-0.2, -0.15) is 5.10 Å². The molecule has 2 aromatic rings. The third-order valence-corrected chi connectivity index (χ3v) is 3.45. The van der Waals surface area contributed by atoms with Gasteiger partial charge in [-0.05, 0) is 25.5 Å². The molecule has 0 bridgehead atoms.